The SMILES string of the molecule is Cc1cc(C)c(OCCCC[NH+]2CCCCC2)c(C)c1. The molecule has 1 N–H and O–H groups in total. The number of likely N-dealkylation sites (tertiary alicyclic amines) is 1. The number of unbranched alkanes of at least 4 members (excludes halogenated alkanes) is 1. The van der Waals surface area contributed by atoms with Crippen molar-refractivity contribution in [2.24, 2.45) is 0 Å². The van der Waals surface area contributed by atoms with Gasteiger partial charge < -0.3 is 9.64 Å². The van der Waals surface area contributed by atoms with Crippen molar-refractivity contribution in [2.75, 3.05) is 26.2 Å². The molecule has 1 fully saturated rings. The lowest BCUT2D eigenvalue weighted by molar-refractivity contribution is -0.905. The lowest BCUT2D eigenvalue weighted by atomic mass is 10.1. The zero-order valence-corrected chi connectivity index (χ0v) is 13.4. The summed E-state index contributed by atoms with van der Waals surface area (Å²) in [6.45, 7) is 11.4. The van der Waals surface area contributed by atoms with Gasteiger partial charge in [0.25, 0.3) is 0 Å². The lowest BCUT2D eigenvalue weighted by Crippen LogP contribution is -3.12. The molecule has 2 rings (SSSR count). The van der Waals surface area contributed by atoms with Crippen molar-refractivity contribution in [3.63, 3.8) is 0 Å². The van der Waals surface area contributed by atoms with Crippen molar-refractivity contribution in [1.82, 2.24) is 0 Å². The topological polar surface area (TPSA) is 13.7 Å². The summed E-state index contributed by atoms with van der Waals surface area (Å²) < 4.78 is 6.00. The van der Waals surface area contributed by atoms with Crippen LogP contribution in [0.4, 0.5) is 0 Å². The second-order valence-electron chi connectivity index (χ2n) is 6.34. The molecular weight excluding hydrogens is 246 g/mol. The van der Waals surface area contributed by atoms with E-state index in [1.165, 1.54) is 68.4 Å². The predicted octanol–water partition coefficient (Wildman–Crippen LogP) is 2.84. The Morgan fingerprint density at radius 3 is 2.25 bits per heavy atom. The van der Waals surface area contributed by atoms with E-state index in [-0.39, 0.29) is 0 Å². The van der Waals surface area contributed by atoms with E-state index in [1.807, 2.05) is 0 Å². The second kappa shape index (κ2) is 7.68. The summed E-state index contributed by atoms with van der Waals surface area (Å²) in [5, 5.41) is 0. The molecule has 0 aromatic heterocycles. The van der Waals surface area contributed by atoms with E-state index in [1.54, 1.807) is 4.90 Å². The highest BCUT2D eigenvalue weighted by molar-refractivity contribution is 5.42. The molecule has 1 aliphatic heterocycles. The van der Waals surface area contributed by atoms with Gasteiger partial charge in [0.05, 0.1) is 26.2 Å². The Labute approximate surface area is 124 Å². The first kappa shape index (κ1) is 15.4. The van der Waals surface area contributed by atoms with Crippen LogP contribution < -0.4 is 9.64 Å². The molecule has 20 heavy (non-hydrogen) atoms. The third-order valence-corrected chi connectivity index (χ3v) is 4.34. The van der Waals surface area contributed by atoms with Crippen molar-refractivity contribution in [3.8, 4) is 5.75 Å². The monoisotopic (exact) mass is 276 g/mol. The first-order valence-corrected chi connectivity index (χ1v) is 8.21. The molecule has 1 saturated heterocycles. The number of piperidine rings is 1. The second-order valence-corrected chi connectivity index (χ2v) is 6.34. The lowest BCUT2D eigenvalue weighted by Gasteiger charge is -2.23. The molecule has 1 heterocycles. The van der Waals surface area contributed by atoms with E-state index < -0.39 is 0 Å². The van der Waals surface area contributed by atoms with Gasteiger partial charge in [0.1, 0.15) is 5.75 Å². The molecule has 0 unspecified atom stereocenters. The molecule has 0 atom stereocenters. The summed E-state index contributed by atoms with van der Waals surface area (Å²) in [6.07, 6.45) is 6.76. The molecule has 0 aliphatic carbocycles. The van der Waals surface area contributed by atoms with Crippen molar-refractivity contribution in [3.05, 3.63) is 28.8 Å². The molecule has 112 valence electrons. The average molecular weight is 276 g/mol. The van der Waals surface area contributed by atoms with Crippen LogP contribution in [0.25, 0.3) is 0 Å². The molecule has 1 aromatic rings. The Kier molecular flexibility index (Phi) is 5.90. The first-order chi connectivity index (χ1) is 9.66. The van der Waals surface area contributed by atoms with Crippen molar-refractivity contribution < 1.29 is 9.64 Å². The zero-order chi connectivity index (χ0) is 14.4. The minimum atomic E-state index is 0.859. The Morgan fingerprint density at radius 2 is 1.60 bits per heavy atom. The van der Waals surface area contributed by atoms with E-state index in [4.69, 9.17) is 4.74 Å². The highest BCUT2D eigenvalue weighted by Gasteiger charge is 2.12. The largest absolute Gasteiger partial charge is 0.493 e. The van der Waals surface area contributed by atoms with Crippen LogP contribution in [0.5, 0.6) is 5.75 Å². The molecule has 0 spiro atoms. The molecule has 0 radical (unpaired) electrons. The maximum Gasteiger partial charge on any atom is 0.125 e. The third kappa shape index (κ3) is 4.52. The number of benzene rings is 1. The van der Waals surface area contributed by atoms with Crippen LogP contribution in [0, 0.1) is 20.8 Å². The van der Waals surface area contributed by atoms with Gasteiger partial charge in [-0.15, -0.1) is 0 Å². The van der Waals surface area contributed by atoms with Crippen LogP contribution in [-0.4, -0.2) is 26.2 Å². The van der Waals surface area contributed by atoms with E-state index in [0.29, 0.717) is 0 Å². The minimum absolute atomic E-state index is 0.859. The van der Waals surface area contributed by atoms with Crippen molar-refractivity contribution in [2.45, 2.75) is 52.9 Å². The van der Waals surface area contributed by atoms with Gasteiger partial charge >= 0.3 is 0 Å². The fourth-order valence-electron chi connectivity index (χ4n) is 3.35. The number of quaternary nitrogens is 1. The summed E-state index contributed by atoms with van der Waals surface area (Å²) in [5.74, 6) is 1.10. The molecule has 1 aromatic carbocycles. The fourth-order valence-corrected chi connectivity index (χ4v) is 3.35. The van der Waals surface area contributed by atoms with Gasteiger partial charge in [0.2, 0.25) is 0 Å². The maximum absolute atomic E-state index is 6.00. The maximum atomic E-state index is 6.00. The summed E-state index contributed by atoms with van der Waals surface area (Å²) in [4.78, 5) is 1.80. The Balaban J connectivity index is 1.68. The van der Waals surface area contributed by atoms with Crippen LogP contribution in [-0.2, 0) is 0 Å². The summed E-state index contributed by atoms with van der Waals surface area (Å²) >= 11 is 0. The molecule has 1 aliphatic rings. The standard InChI is InChI=1S/C18H29NO/c1-15-13-16(2)18(17(3)14-15)20-12-8-7-11-19-9-5-4-6-10-19/h13-14H,4-12H2,1-3H3/p+1. The zero-order valence-electron chi connectivity index (χ0n) is 13.4. The van der Waals surface area contributed by atoms with Crippen molar-refractivity contribution in [1.29, 1.82) is 0 Å². The molecule has 2 heteroatoms. The molecule has 0 amide bonds. The Bertz CT molecular complexity index is 398. The van der Waals surface area contributed by atoms with Gasteiger partial charge in [-0.2, -0.15) is 0 Å². The van der Waals surface area contributed by atoms with Crippen LogP contribution in [0.3, 0.4) is 0 Å². The number of hydrogen-bond acceptors (Lipinski definition) is 1. The van der Waals surface area contributed by atoms with Crippen molar-refractivity contribution >= 4 is 0 Å². The number of aryl methyl sites for hydroxylation is 3. The third-order valence-electron chi connectivity index (χ3n) is 4.34. The van der Waals surface area contributed by atoms with Gasteiger partial charge in [-0.3, -0.25) is 0 Å². The van der Waals surface area contributed by atoms with Gasteiger partial charge in [-0.05, 0) is 64.0 Å². The van der Waals surface area contributed by atoms with Crippen LogP contribution in [0.1, 0.15) is 48.8 Å². The van der Waals surface area contributed by atoms with E-state index in [0.717, 1.165) is 12.4 Å². The summed E-state index contributed by atoms with van der Waals surface area (Å²) in [5.41, 5.74) is 3.86. The average Bonchev–Trinajstić information content (AvgIpc) is 2.42. The van der Waals surface area contributed by atoms with Gasteiger partial charge in [0.15, 0.2) is 0 Å². The van der Waals surface area contributed by atoms with Gasteiger partial charge in [0, 0.05) is 0 Å². The first-order valence-electron chi connectivity index (χ1n) is 8.21. The fraction of sp³-hybridized carbons (Fsp3) is 0.667. The highest BCUT2D eigenvalue weighted by atomic mass is 16.5. The van der Waals surface area contributed by atoms with Crippen LogP contribution in [0.2, 0.25) is 0 Å². The molecule has 2 nitrogen and oxygen atoms in total. The summed E-state index contributed by atoms with van der Waals surface area (Å²) in [7, 11) is 0. The molecule has 0 bridgehead atoms. The van der Waals surface area contributed by atoms with Crippen LogP contribution in [0.15, 0.2) is 12.1 Å². The van der Waals surface area contributed by atoms with E-state index in [2.05, 4.69) is 32.9 Å². The number of hydrogen-bond donors (Lipinski definition) is 1. The predicted molar refractivity (Wildman–Crippen MR) is 84.8 cm³/mol. The van der Waals surface area contributed by atoms with Crippen LogP contribution >= 0.6 is 0 Å². The van der Waals surface area contributed by atoms with Gasteiger partial charge in [-0.25, -0.2) is 0 Å². The smallest absolute Gasteiger partial charge is 0.125 e. The Hall–Kier alpha value is -1.02. The molecule has 0 saturated carbocycles. The summed E-state index contributed by atoms with van der Waals surface area (Å²) in [6, 6.07) is 4.42. The normalized spacial score (nSPS) is 16.4. The minimum Gasteiger partial charge on any atom is -0.493 e. The van der Waals surface area contributed by atoms with Gasteiger partial charge in [-0.1, -0.05) is 17.7 Å². The molecular formula is C18H30NO+. The highest BCUT2D eigenvalue weighted by Crippen LogP contribution is 2.24. The quantitative estimate of drug-likeness (QED) is 0.789. The number of rotatable bonds is 6. The number of nitrogens with one attached hydrogen (secondary N) is 1. The van der Waals surface area contributed by atoms with E-state index in [9.17, 15) is 0 Å². The number of ether oxygens (including phenoxy) is 1. The Morgan fingerprint density at radius 1 is 0.950 bits per heavy atom. The van der Waals surface area contributed by atoms with E-state index >= 15 is 0 Å².